The molecule has 0 radical (unpaired) electrons. The Morgan fingerprint density at radius 3 is 2.73 bits per heavy atom. The maximum absolute atomic E-state index is 4.40. The molecule has 0 saturated carbocycles. The lowest BCUT2D eigenvalue weighted by Gasteiger charge is -2.12. The first-order chi connectivity index (χ1) is 7.30. The Bertz CT molecular complexity index is 264. The fraction of sp³-hybridized carbons (Fsp3) is 0.750. The number of nitrogens with zero attached hydrogens (tertiary/aromatic N) is 2. The average Bonchev–Trinajstić information content (AvgIpc) is 2.70. The average molecular weight is 209 g/mol. The number of rotatable bonds is 7. The van der Waals surface area contributed by atoms with Gasteiger partial charge in [-0.05, 0) is 13.0 Å². The van der Waals surface area contributed by atoms with Crippen molar-refractivity contribution in [2.75, 3.05) is 13.6 Å². The van der Waals surface area contributed by atoms with Crippen LogP contribution in [0.1, 0.15) is 32.4 Å². The van der Waals surface area contributed by atoms with Crippen LogP contribution in [-0.4, -0.2) is 23.1 Å². The molecule has 1 N–H and O–H groups in total. The summed E-state index contributed by atoms with van der Waals surface area (Å²) in [5.74, 6) is 0.788. The highest BCUT2D eigenvalue weighted by molar-refractivity contribution is 4.97. The molecule has 0 spiro atoms. The lowest BCUT2D eigenvalue weighted by atomic mass is 10.0. The van der Waals surface area contributed by atoms with Crippen molar-refractivity contribution in [2.45, 2.75) is 39.7 Å². The van der Waals surface area contributed by atoms with Gasteiger partial charge in [0.25, 0.3) is 0 Å². The first kappa shape index (κ1) is 12.2. The Kier molecular flexibility index (Phi) is 5.40. The maximum atomic E-state index is 4.40. The van der Waals surface area contributed by atoms with Crippen LogP contribution in [0.25, 0.3) is 0 Å². The van der Waals surface area contributed by atoms with E-state index in [1.165, 1.54) is 18.5 Å². The van der Waals surface area contributed by atoms with Crippen molar-refractivity contribution in [3.05, 3.63) is 18.2 Å². The number of hydrogen-bond donors (Lipinski definition) is 1. The summed E-state index contributed by atoms with van der Waals surface area (Å²) in [7, 11) is 1.97. The van der Waals surface area contributed by atoms with Crippen LogP contribution in [-0.2, 0) is 13.0 Å². The fourth-order valence-electron chi connectivity index (χ4n) is 1.73. The molecule has 15 heavy (non-hydrogen) atoms. The summed E-state index contributed by atoms with van der Waals surface area (Å²) in [6, 6.07) is 0. The van der Waals surface area contributed by atoms with Crippen LogP contribution < -0.4 is 5.32 Å². The molecule has 0 unspecified atom stereocenters. The van der Waals surface area contributed by atoms with Crippen molar-refractivity contribution < 1.29 is 0 Å². The summed E-state index contributed by atoms with van der Waals surface area (Å²) in [5.41, 5.74) is 1.19. The van der Waals surface area contributed by atoms with Gasteiger partial charge in [0.15, 0.2) is 0 Å². The van der Waals surface area contributed by atoms with Crippen LogP contribution in [0.5, 0.6) is 0 Å². The predicted molar refractivity (Wildman–Crippen MR) is 63.9 cm³/mol. The third-order valence-corrected chi connectivity index (χ3v) is 2.94. The van der Waals surface area contributed by atoms with Gasteiger partial charge in [-0.1, -0.05) is 26.7 Å². The molecule has 1 aromatic heterocycles. The number of hydrogen-bond acceptors (Lipinski definition) is 2. The Balaban J connectivity index is 2.44. The molecule has 0 fully saturated rings. The van der Waals surface area contributed by atoms with Gasteiger partial charge >= 0.3 is 0 Å². The van der Waals surface area contributed by atoms with E-state index in [9.17, 15) is 0 Å². The molecule has 0 atom stereocenters. The van der Waals surface area contributed by atoms with Crippen LogP contribution >= 0.6 is 0 Å². The van der Waals surface area contributed by atoms with E-state index in [0.717, 1.165) is 25.4 Å². The first-order valence-corrected chi connectivity index (χ1v) is 5.95. The SMILES string of the molecule is CCC(CC)Cn1cnc(CCNC)c1. The minimum atomic E-state index is 0.788. The van der Waals surface area contributed by atoms with Gasteiger partial charge < -0.3 is 9.88 Å². The largest absolute Gasteiger partial charge is 0.337 e. The molecule has 1 aromatic rings. The minimum Gasteiger partial charge on any atom is -0.337 e. The van der Waals surface area contributed by atoms with Gasteiger partial charge in [-0.2, -0.15) is 0 Å². The van der Waals surface area contributed by atoms with Crippen molar-refractivity contribution >= 4 is 0 Å². The minimum absolute atomic E-state index is 0.788. The molecular weight excluding hydrogens is 186 g/mol. The lowest BCUT2D eigenvalue weighted by molar-refractivity contribution is 0.418. The van der Waals surface area contributed by atoms with Gasteiger partial charge in [0.05, 0.1) is 12.0 Å². The molecule has 3 nitrogen and oxygen atoms in total. The van der Waals surface area contributed by atoms with E-state index in [0.29, 0.717) is 0 Å². The fourth-order valence-corrected chi connectivity index (χ4v) is 1.73. The van der Waals surface area contributed by atoms with Crippen molar-refractivity contribution in [3.63, 3.8) is 0 Å². The third kappa shape index (κ3) is 4.04. The van der Waals surface area contributed by atoms with Gasteiger partial charge in [-0.25, -0.2) is 4.98 Å². The predicted octanol–water partition coefficient (Wildman–Crippen LogP) is 2.08. The summed E-state index contributed by atoms with van der Waals surface area (Å²) < 4.78 is 2.22. The molecule has 0 bridgehead atoms. The van der Waals surface area contributed by atoms with Gasteiger partial charge in [0, 0.05) is 25.7 Å². The van der Waals surface area contributed by atoms with Gasteiger partial charge in [-0.3, -0.25) is 0 Å². The van der Waals surface area contributed by atoms with E-state index < -0.39 is 0 Å². The van der Waals surface area contributed by atoms with E-state index in [4.69, 9.17) is 0 Å². The Hall–Kier alpha value is -0.830. The zero-order valence-corrected chi connectivity index (χ0v) is 10.2. The molecule has 0 aromatic carbocycles. The first-order valence-electron chi connectivity index (χ1n) is 5.95. The van der Waals surface area contributed by atoms with Gasteiger partial charge in [0.1, 0.15) is 0 Å². The van der Waals surface area contributed by atoms with Crippen molar-refractivity contribution in [1.82, 2.24) is 14.9 Å². The smallest absolute Gasteiger partial charge is 0.0949 e. The van der Waals surface area contributed by atoms with Crippen molar-refractivity contribution in [3.8, 4) is 0 Å². The standard InChI is InChI=1S/C12H23N3/c1-4-11(5-2)8-15-9-12(14-10-15)6-7-13-3/h9-11,13H,4-8H2,1-3H3. The molecule has 1 rings (SSSR count). The lowest BCUT2D eigenvalue weighted by Crippen LogP contribution is -2.10. The highest BCUT2D eigenvalue weighted by Crippen LogP contribution is 2.11. The molecular formula is C12H23N3. The van der Waals surface area contributed by atoms with Crippen LogP contribution in [0.2, 0.25) is 0 Å². The topological polar surface area (TPSA) is 29.9 Å². The molecule has 0 aliphatic rings. The second-order valence-corrected chi connectivity index (χ2v) is 4.10. The van der Waals surface area contributed by atoms with Crippen molar-refractivity contribution in [2.24, 2.45) is 5.92 Å². The highest BCUT2D eigenvalue weighted by atomic mass is 15.0. The van der Waals surface area contributed by atoms with Gasteiger partial charge in [0.2, 0.25) is 0 Å². The molecule has 3 heteroatoms. The summed E-state index contributed by atoms with van der Waals surface area (Å²) in [4.78, 5) is 4.40. The molecule has 0 amide bonds. The number of likely N-dealkylation sites (N-methyl/N-ethyl adjacent to an activating group) is 1. The number of aromatic nitrogens is 2. The van der Waals surface area contributed by atoms with E-state index in [-0.39, 0.29) is 0 Å². The zero-order valence-electron chi connectivity index (χ0n) is 10.2. The Morgan fingerprint density at radius 2 is 2.13 bits per heavy atom. The summed E-state index contributed by atoms with van der Waals surface area (Å²) in [6.07, 6.45) is 7.66. The van der Waals surface area contributed by atoms with Crippen LogP contribution in [0.15, 0.2) is 12.5 Å². The van der Waals surface area contributed by atoms with E-state index >= 15 is 0 Å². The maximum Gasteiger partial charge on any atom is 0.0949 e. The van der Waals surface area contributed by atoms with Crippen LogP contribution in [0, 0.1) is 5.92 Å². The summed E-state index contributed by atoms with van der Waals surface area (Å²) in [6.45, 7) is 6.63. The Labute approximate surface area is 92.9 Å². The second-order valence-electron chi connectivity index (χ2n) is 4.10. The molecule has 1 heterocycles. The normalized spacial score (nSPS) is 11.2. The molecule has 86 valence electrons. The zero-order chi connectivity index (χ0) is 11.1. The van der Waals surface area contributed by atoms with Crippen LogP contribution in [0.3, 0.4) is 0 Å². The Morgan fingerprint density at radius 1 is 1.40 bits per heavy atom. The molecule has 0 aliphatic heterocycles. The van der Waals surface area contributed by atoms with E-state index in [2.05, 4.69) is 34.9 Å². The molecule has 0 aliphatic carbocycles. The number of imidazole rings is 1. The third-order valence-electron chi connectivity index (χ3n) is 2.94. The second kappa shape index (κ2) is 6.62. The number of nitrogens with one attached hydrogen (secondary N) is 1. The van der Waals surface area contributed by atoms with E-state index in [1.54, 1.807) is 0 Å². The highest BCUT2D eigenvalue weighted by Gasteiger charge is 2.05. The molecule has 0 saturated heterocycles. The summed E-state index contributed by atoms with van der Waals surface area (Å²) in [5, 5.41) is 3.14. The monoisotopic (exact) mass is 209 g/mol. The summed E-state index contributed by atoms with van der Waals surface area (Å²) >= 11 is 0. The van der Waals surface area contributed by atoms with E-state index in [1.807, 2.05) is 13.4 Å². The quantitative estimate of drug-likeness (QED) is 0.745. The van der Waals surface area contributed by atoms with Crippen molar-refractivity contribution in [1.29, 1.82) is 0 Å². The van der Waals surface area contributed by atoms with Crippen LogP contribution in [0.4, 0.5) is 0 Å². The van der Waals surface area contributed by atoms with Gasteiger partial charge in [-0.15, -0.1) is 0 Å².